The van der Waals surface area contributed by atoms with E-state index in [0.717, 1.165) is 64.4 Å². The average molecular weight is 362 g/mol. The van der Waals surface area contributed by atoms with Gasteiger partial charge in [-0.1, -0.05) is 0 Å². The predicted octanol–water partition coefficient (Wildman–Crippen LogP) is 2.18. The van der Waals surface area contributed by atoms with Crippen LogP contribution in [0.2, 0.25) is 0 Å². The lowest BCUT2D eigenvalue weighted by molar-refractivity contribution is -0.137. The first-order chi connectivity index (χ1) is 12.8. The minimum absolute atomic E-state index is 0.0903. The fourth-order valence-corrected chi connectivity index (χ4v) is 3.69. The molecule has 3 rings (SSSR count). The SMILES string of the molecule is COc1ccc(OCC(=O)N2CCCC[C@@H]2CCN2CCOCC2)cc1. The van der Waals surface area contributed by atoms with Crippen molar-refractivity contribution in [3.05, 3.63) is 24.3 Å². The highest BCUT2D eigenvalue weighted by Crippen LogP contribution is 2.21. The summed E-state index contributed by atoms with van der Waals surface area (Å²) in [5.74, 6) is 1.57. The maximum absolute atomic E-state index is 12.7. The van der Waals surface area contributed by atoms with Crippen LogP contribution < -0.4 is 9.47 Å². The number of hydrogen-bond donors (Lipinski definition) is 0. The monoisotopic (exact) mass is 362 g/mol. The first kappa shape index (κ1) is 19.0. The number of methoxy groups -OCH3 is 1. The average Bonchev–Trinajstić information content (AvgIpc) is 2.72. The molecule has 0 spiro atoms. The van der Waals surface area contributed by atoms with Crippen molar-refractivity contribution in [1.29, 1.82) is 0 Å². The zero-order valence-corrected chi connectivity index (χ0v) is 15.7. The third kappa shape index (κ3) is 5.35. The molecule has 1 atom stereocenters. The highest BCUT2D eigenvalue weighted by atomic mass is 16.5. The molecular formula is C20H30N2O4. The standard InChI is InChI=1S/C20H30N2O4/c1-24-18-5-7-19(8-6-18)26-16-20(23)22-10-3-2-4-17(22)9-11-21-12-14-25-15-13-21/h5-8,17H,2-4,9-16H2,1H3/t17-/m1/s1. The lowest BCUT2D eigenvalue weighted by atomic mass is 9.99. The van der Waals surface area contributed by atoms with E-state index in [2.05, 4.69) is 4.90 Å². The van der Waals surface area contributed by atoms with Crippen LogP contribution in [0.3, 0.4) is 0 Å². The molecule has 2 heterocycles. The largest absolute Gasteiger partial charge is 0.497 e. The van der Waals surface area contributed by atoms with Crippen LogP contribution >= 0.6 is 0 Å². The summed E-state index contributed by atoms with van der Waals surface area (Å²) in [6, 6.07) is 7.67. The molecule has 0 bridgehead atoms. The number of piperidine rings is 1. The topological polar surface area (TPSA) is 51.2 Å². The van der Waals surface area contributed by atoms with E-state index in [9.17, 15) is 4.79 Å². The van der Waals surface area contributed by atoms with Gasteiger partial charge in [0.1, 0.15) is 11.5 Å². The molecule has 0 saturated carbocycles. The molecule has 2 aliphatic rings. The number of morpholine rings is 1. The first-order valence-corrected chi connectivity index (χ1v) is 9.62. The van der Waals surface area contributed by atoms with Gasteiger partial charge in [-0.05, 0) is 49.9 Å². The number of hydrogen-bond acceptors (Lipinski definition) is 5. The smallest absolute Gasteiger partial charge is 0.260 e. The Morgan fingerprint density at radius 1 is 1.12 bits per heavy atom. The van der Waals surface area contributed by atoms with E-state index in [1.165, 1.54) is 6.42 Å². The Hall–Kier alpha value is -1.79. The van der Waals surface area contributed by atoms with Gasteiger partial charge in [0, 0.05) is 32.2 Å². The summed E-state index contributed by atoms with van der Waals surface area (Å²) in [5.41, 5.74) is 0. The van der Waals surface area contributed by atoms with E-state index in [-0.39, 0.29) is 12.5 Å². The minimum Gasteiger partial charge on any atom is -0.497 e. The molecule has 1 amide bonds. The maximum Gasteiger partial charge on any atom is 0.260 e. The van der Waals surface area contributed by atoms with Gasteiger partial charge in [0.15, 0.2) is 6.61 Å². The number of likely N-dealkylation sites (tertiary alicyclic amines) is 1. The summed E-state index contributed by atoms with van der Waals surface area (Å²) in [6.07, 6.45) is 4.42. The van der Waals surface area contributed by atoms with Gasteiger partial charge < -0.3 is 19.1 Å². The number of ether oxygens (including phenoxy) is 3. The Bertz CT molecular complexity index is 557. The Morgan fingerprint density at radius 3 is 2.58 bits per heavy atom. The molecule has 6 nitrogen and oxygen atoms in total. The zero-order valence-electron chi connectivity index (χ0n) is 15.7. The van der Waals surface area contributed by atoms with Crippen molar-refractivity contribution in [3.63, 3.8) is 0 Å². The van der Waals surface area contributed by atoms with Crippen molar-refractivity contribution in [2.75, 3.05) is 53.1 Å². The van der Waals surface area contributed by atoms with Crippen molar-refractivity contribution in [1.82, 2.24) is 9.80 Å². The van der Waals surface area contributed by atoms with Crippen LogP contribution in [0.15, 0.2) is 24.3 Å². The second kappa shape index (κ2) is 9.78. The summed E-state index contributed by atoms with van der Waals surface area (Å²) in [5, 5.41) is 0. The molecule has 0 radical (unpaired) electrons. The highest BCUT2D eigenvalue weighted by molar-refractivity contribution is 5.78. The van der Waals surface area contributed by atoms with E-state index in [4.69, 9.17) is 14.2 Å². The lowest BCUT2D eigenvalue weighted by Crippen LogP contribution is -2.47. The predicted molar refractivity (Wildman–Crippen MR) is 99.7 cm³/mol. The molecule has 6 heteroatoms. The van der Waals surface area contributed by atoms with Gasteiger partial charge in [-0.25, -0.2) is 0 Å². The van der Waals surface area contributed by atoms with E-state index < -0.39 is 0 Å². The molecule has 1 aromatic carbocycles. The van der Waals surface area contributed by atoms with Crippen LogP contribution in [0.4, 0.5) is 0 Å². The van der Waals surface area contributed by atoms with E-state index in [1.807, 2.05) is 29.2 Å². The number of rotatable bonds is 7. The van der Waals surface area contributed by atoms with Crippen molar-refractivity contribution >= 4 is 5.91 Å². The summed E-state index contributed by atoms with van der Waals surface area (Å²) in [4.78, 5) is 17.2. The number of amides is 1. The van der Waals surface area contributed by atoms with Crippen LogP contribution in [-0.2, 0) is 9.53 Å². The van der Waals surface area contributed by atoms with Crippen molar-refractivity contribution < 1.29 is 19.0 Å². The maximum atomic E-state index is 12.7. The Labute approximate surface area is 156 Å². The van der Waals surface area contributed by atoms with Crippen molar-refractivity contribution in [3.8, 4) is 11.5 Å². The second-order valence-corrected chi connectivity index (χ2v) is 6.94. The molecule has 2 aliphatic heterocycles. The third-order valence-electron chi connectivity index (χ3n) is 5.25. The summed E-state index contributed by atoms with van der Waals surface area (Å²) in [7, 11) is 1.63. The normalized spacial score (nSPS) is 21.4. The Morgan fingerprint density at radius 2 is 1.85 bits per heavy atom. The second-order valence-electron chi connectivity index (χ2n) is 6.94. The van der Waals surface area contributed by atoms with Gasteiger partial charge in [-0.2, -0.15) is 0 Å². The highest BCUT2D eigenvalue weighted by Gasteiger charge is 2.27. The van der Waals surface area contributed by atoms with E-state index in [1.54, 1.807) is 7.11 Å². The minimum atomic E-state index is 0.0903. The van der Waals surface area contributed by atoms with Gasteiger partial charge in [-0.15, -0.1) is 0 Å². The molecule has 2 saturated heterocycles. The lowest BCUT2D eigenvalue weighted by Gasteiger charge is -2.37. The van der Waals surface area contributed by atoms with Gasteiger partial charge in [-0.3, -0.25) is 9.69 Å². The molecule has 0 aromatic heterocycles. The number of nitrogens with zero attached hydrogens (tertiary/aromatic N) is 2. The zero-order chi connectivity index (χ0) is 18.2. The van der Waals surface area contributed by atoms with Crippen molar-refractivity contribution in [2.45, 2.75) is 31.7 Å². The fourth-order valence-electron chi connectivity index (χ4n) is 3.69. The summed E-state index contributed by atoms with van der Waals surface area (Å²) < 4.78 is 16.2. The molecule has 0 unspecified atom stereocenters. The Balaban J connectivity index is 1.48. The molecule has 26 heavy (non-hydrogen) atoms. The van der Waals surface area contributed by atoms with Crippen LogP contribution in [0.5, 0.6) is 11.5 Å². The van der Waals surface area contributed by atoms with Crippen molar-refractivity contribution in [2.24, 2.45) is 0 Å². The molecule has 144 valence electrons. The van der Waals surface area contributed by atoms with Gasteiger partial charge in [0.25, 0.3) is 5.91 Å². The number of carbonyl (C=O) groups is 1. The van der Waals surface area contributed by atoms with Crippen LogP contribution in [0.25, 0.3) is 0 Å². The number of benzene rings is 1. The van der Waals surface area contributed by atoms with E-state index in [0.29, 0.717) is 11.8 Å². The first-order valence-electron chi connectivity index (χ1n) is 9.62. The Kier molecular flexibility index (Phi) is 7.14. The van der Waals surface area contributed by atoms with E-state index >= 15 is 0 Å². The molecule has 2 fully saturated rings. The van der Waals surface area contributed by atoms with Gasteiger partial charge >= 0.3 is 0 Å². The number of carbonyl (C=O) groups excluding carboxylic acids is 1. The van der Waals surface area contributed by atoms with Crippen LogP contribution in [0.1, 0.15) is 25.7 Å². The molecule has 0 N–H and O–H groups in total. The van der Waals surface area contributed by atoms with Gasteiger partial charge in [0.05, 0.1) is 20.3 Å². The molecule has 1 aromatic rings. The fraction of sp³-hybridized carbons (Fsp3) is 0.650. The van der Waals surface area contributed by atoms with Crippen LogP contribution in [0, 0.1) is 0 Å². The van der Waals surface area contributed by atoms with Crippen LogP contribution in [-0.4, -0.2) is 74.9 Å². The quantitative estimate of drug-likeness (QED) is 0.744. The summed E-state index contributed by atoms with van der Waals surface area (Å²) >= 11 is 0. The third-order valence-corrected chi connectivity index (χ3v) is 5.25. The van der Waals surface area contributed by atoms with Gasteiger partial charge in [0.2, 0.25) is 0 Å². The molecular weight excluding hydrogens is 332 g/mol. The molecule has 0 aliphatic carbocycles. The summed E-state index contributed by atoms with van der Waals surface area (Å²) in [6.45, 7) is 5.63.